The zero-order chi connectivity index (χ0) is 20.7. The lowest BCUT2D eigenvalue weighted by Gasteiger charge is -2.31. The Hall–Kier alpha value is -3.35. The first-order valence-corrected chi connectivity index (χ1v) is 10.3. The molecule has 3 amide bonds. The van der Waals surface area contributed by atoms with E-state index in [1.54, 1.807) is 36.4 Å². The molecule has 0 atom stereocenters. The van der Waals surface area contributed by atoms with Crippen LogP contribution in [-0.4, -0.2) is 23.5 Å². The van der Waals surface area contributed by atoms with Gasteiger partial charge in [0.25, 0.3) is 11.7 Å². The van der Waals surface area contributed by atoms with Crippen molar-refractivity contribution in [2.45, 2.75) is 50.7 Å². The summed E-state index contributed by atoms with van der Waals surface area (Å²) in [6.45, 7) is 0. The third-order valence-electron chi connectivity index (χ3n) is 5.85. The highest BCUT2D eigenvalue weighted by Crippen LogP contribution is 2.46. The van der Waals surface area contributed by atoms with E-state index in [9.17, 15) is 14.4 Å². The predicted molar refractivity (Wildman–Crippen MR) is 110 cm³/mol. The summed E-state index contributed by atoms with van der Waals surface area (Å²) in [5.74, 6) is 0.0903. The summed E-state index contributed by atoms with van der Waals surface area (Å²) in [5, 5.41) is 2.86. The quantitative estimate of drug-likeness (QED) is 0.778. The van der Waals surface area contributed by atoms with E-state index < -0.39 is 5.79 Å². The Kier molecular flexibility index (Phi) is 4.46. The molecule has 0 bridgehead atoms. The SMILES string of the molecule is O=C(Nc1ccc2c(c1)OC1(CCCCC1)O2)c1ccc(N2C(=O)CCC2=O)cc1. The van der Waals surface area contributed by atoms with E-state index in [4.69, 9.17) is 9.47 Å². The van der Waals surface area contributed by atoms with E-state index in [2.05, 4.69) is 5.32 Å². The molecule has 2 aliphatic heterocycles. The van der Waals surface area contributed by atoms with Crippen LogP contribution in [0.15, 0.2) is 42.5 Å². The van der Waals surface area contributed by atoms with Gasteiger partial charge in [0.15, 0.2) is 11.5 Å². The van der Waals surface area contributed by atoms with Crippen LogP contribution in [0.4, 0.5) is 11.4 Å². The number of hydrogen-bond donors (Lipinski definition) is 1. The molecule has 1 N–H and O–H groups in total. The lowest BCUT2D eigenvalue weighted by molar-refractivity contribution is -0.121. The Labute approximate surface area is 174 Å². The molecule has 1 saturated carbocycles. The maximum absolute atomic E-state index is 12.6. The number of nitrogens with one attached hydrogen (secondary N) is 1. The molecule has 7 heteroatoms. The lowest BCUT2D eigenvalue weighted by atomic mass is 9.94. The summed E-state index contributed by atoms with van der Waals surface area (Å²) < 4.78 is 12.2. The second-order valence-electron chi connectivity index (χ2n) is 7.96. The van der Waals surface area contributed by atoms with Gasteiger partial charge in [-0.25, -0.2) is 0 Å². The number of benzene rings is 2. The molecule has 2 aromatic carbocycles. The molecular formula is C23H22N2O5. The molecule has 2 fully saturated rings. The minimum atomic E-state index is -0.552. The first-order chi connectivity index (χ1) is 14.5. The van der Waals surface area contributed by atoms with Crippen LogP contribution in [0.2, 0.25) is 0 Å². The number of ether oxygens (including phenoxy) is 2. The maximum atomic E-state index is 12.6. The van der Waals surface area contributed by atoms with E-state index in [-0.39, 0.29) is 30.6 Å². The Morgan fingerprint density at radius 3 is 2.23 bits per heavy atom. The van der Waals surface area contributed by atoms with Crippen LogP contribution in [-0.2, 0) is 9.59 Å². The fourth-order valence-corrected chi connectivity index (χ4v) is 4.30. The van der Waals surface area contributed by atoms with Crippen LogP contribution in [0.5, 0.6) is 11.5 Å². The Morgan fingerprint density at radius 2 is 1.53 bits per heavy atom. The van der Waals surface area contributed by atoms with Crippen LogP contribution < -0.4 is 19.7 Å². The summed E-state index contributed by atoms with van der Waals surface area (Å²) in [6.07, 6.45) is 5.57. The van der Waals surface area contributed by atoms with Gasteiger partial charge in [-0.05, 0) is 49.2 Å². The summed E-state index contributed by atoms with van der Waals surface area (Å²) in [4.78, 5) is 37.5. The number of imide groups is 1. The molecule has 1 saturated heterocycles. The van der Waals surface area contributed by atoms with Gasteiger partial charge >= 0.3 is 0 Å². The predicted octanol–water partition coefficient (Wildman–Crippen LogP) is 4.02. The van der Waals surface area contributed by atoms with Crippen molar-refractivity contribution in [3.63, 3.8) is 0 Å². The fourth-order valence-electron chi connectivity index (χ4n) is 4.30. The van der Waals surface area contributed by atoms with E-state index in [0.717, 1.165) is 25.7 Å². The van der Waals surface area contributed by atoms with Crippen molar-refractivity contribution in [2.24, 2.45) is 0 Å². The molecule has 0 aromatic heterocycles. The largest absolute Gasteiger partial charge is 0.448 e. The minimum Gasteiger partial charge on any atom is -0.448 e. The van der Waals surface area contributed by atoms with Crippen LogP contribution in [0.25, 0.3) is 0 Å². The molecule has 7 nitrogen and oxygen atoms in total. The smallest absolute Gasteiger partial charge is 0.255 e. The molecule has 1 spiro atoms. The number of carbonyl (C=O) groups excluding carboxylic acids is 3. The number of fused-ring (bicyclic) bond motifs is 1. The Bertz CT molecular complexity index is 1010. The first kappa shape index (κ1) is 18.7. The molecule has 2 aromatic rings. The van der Waals surface area contributed by atoms with Gasteiger partial charge in [-0.3, -0.25) is 19.3 Å². The topological polar surface area (TPSA) is 84.9 Å². The third kappa shape index (κ3) is 3.30. The van der Waals surface area contributed by atoms with Gasteiger partial charge in [0.05, 0.1) is 5.69 Å². The van der Waals surface area contributed by atoms with Crippen molar-refractivity contribution in [2.75, 3.05) is 10.2 Å². The van der Waals surface area contributed by atoms with Crippen molar-refractivity contribution in [3.8, 4) is 11.5 Å². The van der Waals surface area contributed by atoms with Crippen LogP contribution in [0.1, 0.15) is 55.3 Å². The Balaban J connectivity index is 1.28. The lowest BCUT2D eigenvalue weighted by Crippen LogP contribution is -2.40. The monoisotopic (exact) mass is 406 g/mol. The van der Waals surface area contributed by atoms with Crippen molar-refractivity contribution in [1.29, 1.82) is 0 Å². The molecule has 3 aliphatic rings. The number of amides is 3. The third-order valence-corrected chi connectivity index (χ3v) is 5.85. The van der Waals surface area contributed by atoms with Gasteiger partial charge in [-0.15, -0.1) is 0 Å². The summed E-state index contributed by atoms with van der Waals surface area (Å²) in [5.41, 5.74) is 1.53. The van der Waals surface area contributed by atoms with Crippen LogP contribution in [0.3, 0.4) is 0 Å². The average Bonchev–Trinajstić information content (AvgIpc) is 3.27. The normalized spacial score (nSPS) is 19.4. The molecule has 1 aliphatic carbocycles. The zero-order valence-electron chi connectivity index (χ0n) is 16.5. The number of anilines is 2. The first-order valence-electron chi connectivity index (χ1n) is 10.3. The van der Waals surface area contributed by atoms with Crippen molar-refractivity contribution < 1.29 is 23.9 Å². The summed E-state index contributed by atoms with van der Waals surface area (Å²) in [7, 11) is 0. The molecular weight excluding hydrogens is 384 g/mol. The second kappa shape index (κ2) is 7.16. The van der Waals surface area contributed by atoms with Gasteiger partial charge in [0, 0.05) is 43.0 Å². The highest BCUT2D eigenvalue weighted by Gasteiger charge is 2.42. The highest BCUT2D eigenvalue weighted by atomic mass is 16.7. The fraction of sp³-hybridized carbons (Fsp3) is 0.348. The van der Waals surface area contributed by atoms with Gasteiger partial charge in [-0.1, -0.05) is 6.42 Å². The maximum Gasteiger partial charge on any atom is 0.255 e. The number of nitrogens with zero attached hydrogens (tertiary/aromatic N) is 1. The minimum absolute atomic E-state index is 0.215. The number of hydrogen-bond acceptors (Lipinski definition) is 5. The number of carbonyl (C=O) groups is 3. The average molecular weight is 406 g/mol. The number of rotatable bonds is 3. The van der Waals surface area contributed by atoms with E-state index in [1.165, 1.54) is 11.3 Å². The standard InChI is InChI=1S/C23H22N2O5/c26-20-10-11-21(27)25(20)17-7-4-15(5-8-17)22(28)24-16-6-9-18-19(14-16)30-23(29-18)12-2-1-3-13-23/h4-9,14H,1-3,10-13H2,(H,24,28). The second-order valence-corrected chi connectivity index (χ2v) is 7.96. The van der Waals surface area contributed by atoms with Crippen LogP contribution in [0, 0.1) is 0 Å². The van der Waals surface area contributed by atoms with E-state index in [1.807, 2.05) is 6.07 Å². The van der Waals surface area contributed by atoms with E-state index >= 15 is 0 Å². The van der Waals surface area contributed by atoms with Gasteiger partial charge in [0.1, 0.15) is 0 Å². The Morgan fingerprint density at radius 1 is 0.867 bits per heavy atom. The highest BCUT2D eigenvalue weighted by molar-refractivity contribution is 6.20. The van der Waals surface area contributed by atoms with Gasteiger partial charge in [0.2, 0.25) is 11.8 Å². The van der Waals surface area contributed by atoms with Gasteiger partial charge in [-0.2, -0.15) is 0 Å². The summed E-state index contributed by atoms with van der Waals surface area (Å²) in [6, 6.07) is 11.8. The molecule has 5 rings (SSSR count). The molecule has 0 unspecified atom stereocenters. The molecule has 154 valence electrons. The van der Waals surface area contributed by atoms with Crippen LogP contribution >= 0.6 is 0 Å². The van der Waals surface area contributed by atoms with E-state index in [0.29, 0.717) is 28.4 Å². The van der Waals surface area contributed by atoms with Crippen molar-refractivity contribution >= 4 is 29.1 Å². The zero-order valence-corrected chi connectivity index (χ0v) is 16.5. The summed E-state index contributed by atoms with van der Waals surface area (Å²) >= 11 is 0. The molecule has 0 radical (unpaired) electrons. The van der Waals surface area contributed by atoms with Crippen molar-refractivity contribution in [1.82, 2.24) is 0 Å². The molecule has 30 heavy (non-hydrogen) atoms. The molecule has 2 heterocycles. The van der Waals surface area contributed by atoms with Crippen molar-refractivity contribution in [3.05, 3.63) is 48.0 Å². The van der Waals surface area contributed by atoms with Gasteiger partial charge < -0.3 is 14.8 Å².